The van der Waals surface area contributed by atoms with Crippen LogP contribution in [0.1, 0.15) is 26.5 Å². The minimum absolute atomic E-state index is 0.159. The van der Waals surface area contributed by atoms with Crippen molar-refractivity contribution in [1.29, 1.82) is 5.26 Å². The topological polar surface area (TPSA) is 98.6 Å². The monoisotopic (exact) mass is 348 g/mol. The quantitative estimate of drug-likeness (QED) is 0.626. The van der Waals surface area contributed by atoms with Gasteiger partial charge in [0.15, 0.2) is 10.9 Å². The van der Waals surface area contributed by atoms with Crippen molar-refractivity contribution < 1.29 is 18.0 Å². The summed E-state index contributed by atoms with van der Waals surface area (Å²) in [6.07, 6.45) is -4.75. The van der Waals surface area contributed by atoms with Gasteiger partial charge in [-0.2, -0.15) is 18.4 Å². The van der Waals surface area contributed by atoms with Gasteiger partial charge in [-0.15, -0.1) is 0 Å². The molecule has 0 aliphatic rings. The van der Waals surface area contributed by atoms with Crippen LogP contribution in [0.15, 0.2) is 16.0 Å². The van der Waals surface area contributed by atoms with Gasteiger partial charge in [0, 0.05) is 6.07 Å². The summed E-state index contributed by atoms with van der Waals surface area (Å²) < 4.78 is 37.7. The number of halogens is 3. The smallest absolute Gasteiger partial charge is 0.337 e. The summed E-state index contributed by atoms with van der Waals surface area (Å²) in [6, 6.07) is 2.32. The van der Waals surface area contributed by atoms with Crippen molar-refractivity contribution in [2.24, 2.45) is 5.92 Å². The molecule has 0 saturated carbocycles. The summed E-state index contributed by atoms with van der Waals surface area (Å²) in [6.45, 7) is 5.05. The van der Waals surface area contributed by atoms with E-state index in [2.05, 4.69) is 15.3 Å². The molecule has 10 heteroatoms. The van der Waals surface area contributed by atoms with Gasteiger partial charge in [-0.1, -0.05) is 25.6 Å². The molecule has 1 unspecified atom stereocenters. The third-order valence-electron chi connectivity index (χ3n) is 3.14. The number of alkyl halides is 3. The lowest BCUT2D eigenvalue weighted by molar-refractivity contribution is -0.141. The van der Waals surface area contributed by atoms with Crippen LogP contribution >= 0.6 is 11.8 Å². The van der Waals surface area contributed by atoms with Gasteiger partial charge in [0.25, 0.3) is 5.56 Å². The van der Waals surface area contributed by atoms with E-state index in [0.29, 0.717) is 17.8 Å². The van der Waals surface area contributed by atoms with Crippen LogP contribution in [0.5, 0.6) is 0 Å². The van der Waals surface area contributed by atoms with E-state index in [1.165, 1.54) is 0 Å². The zero-order chi connectivity index (χ0) is 17.8. The number of nitrogens with zero attached hydrogens (tertiary/aromatic N) is 2. The standard InChI is InChI=1S/C13H15F3N4O2S/c1-7(2)12(3,6-17)20-10(22)5-23-11-18-8(13(14,15)16)4-9(21)19-11/h4,7H,5H2,1-3H3,(H,20,22)(H,18,19,21). The molecular formula is C13H15F3N4O2S. The molecule has 23 heavy (non-hydrogen) atoms. The lowest BCUT2D eigenvalue weighted by Gasteiger charge is -2.27. The van der Waals surface area contributed by atoms with E-state index in [0.717, 1.165) is 0 Å². The Kier molecular flexibility index (Phi) is 5.82. The summed E-state index contributed by atoms with van der Waals surface area (Å²) in [5, 5.41) is 11.3. The zero-order valence-corrected chi connectivity index (χ0v) is 13.4. The number of aromatic nitrogens is 2. The van der Waals surface area contributed by atoms with E-state index in [1.54, 1.807) is 20.8 Å². The molecule has 1 aromatic heterocycles. The highest BCUT2D eigenvalue weighted by Crippen LogP contribution is 2.27. The second-order valence-electron chi connectivity index (χ2n) is 5.24. The maximum absolute atomic E-state index is 12.6. The number of hydrogen-bond acceptors (Lipinski definition) is 5. The van der Waals surface area contributed by atoms with Crippen molar-refractivity contribution in [2.75, 3.05) is 5.75 Å². The number of hydrogen-bond donors (Lipinski definition) is 2. The second-order valence-corrected chi connectivity index (χ2v) is 6.20. The normalized spacial score (nSPS) is 14.2. The highest BCUT2D eigenvalue weighted by molar-refractivity contribution is 7.99. The largest absolute Gasteiger partial charge is 0.433 e. The summed E-state index contributed by atoms with van der Waals surface area (Å²) in [7, 11) is 0. The average molecular weight is 348 g/mol. The summed E-state index contributed by atoms with van der Waals surface area (Å²) in [5.74, 6) is -0.991. The van der Waals surface area contributed by atoms with Gasteiger partial charge in [0.05, 0.1) is 11.8 Å². The molecule has 1 amide bonds. The fourth-order valence-corrected chi connectivity index (χ4v) is 2.09. The maximum Gasteiger partial charge on any atom is 0.433 e. The van der Waals surface area contributed by atoms with E-state index in [-0.39, 0.29) is 16.8 Å². The summed E-state index contributed by atoms with van der Waals surface area (Å²) in [5.41, 5.74) is -3.38. The van der Waals surface area contributed by atoms with Crippen molar-refractivity contribution in [2.45, 2.75) is 37.6 Å². The predicted octanol–water partition coefficient (Wildman–Crippen LogP) is 1.94. The molecule has 0 aliphatic carbocycles. The van der Waals surface area contributed by atoms with E-state index in [4.69, 9.17) is 5.26 Å². The van der Waals surface area contributed by atoms with Crippen LogP contribution < -0.4 is 10.9 Å². The number of thioether (sulfide) groups is 1. The van der Waals surface area contributed by atoms with E-state index < -0.39 is 28.9 Å². The molecule has 0 spiro atoms. The van der Waals surface area contributed by atoms with Crippen molar-refractivity contribution in [3.63, 3.8) is 0 Å². The van der Waals surface area contributed by atoms with Gasteiger partial charge in [-0.25, -0.2) is 4.98 Å². The molecule has 0 fully saturated rings. The molecule has 126 valence electrons. The third-order valence-corrected chi connectivity index (χ3v) is 4.01. The molecule has 0 aliphatic heterocycles. The summed E-state index contributed by atoms with van der Waals surface area (Å²) in [4.78, 5) is 28.4. The minimum Gasteiger partial charge on any atom is -0.337 e. The van der Waals surface area contributed by atoms with Crippen LogP contribution in [-0.2, 0) is 11.0 Å². The molecule has 6 nitrogen and oxygen atoms in total. The van der Waals surface area contributed by atoms with Crippen molar-refractivity contribution in [3.8, 4) is 6.07 Å². The molecule has 0 radical (unpaired) electrons. The Morgan fingerprint density at radius 2 is 2.13 bits per heavy atom. The highest BCUT2D eigenvalue weighted by atomic mass is 32.2. The van der Waals surface area contributed by atoms with E-state index >= 15 is 0 Å². The molecule has 0 saturated heterocycles. The number of nitrogens with one attached hydrogen (secondary N) is 2. The zero-order valence-electron chi connectivity index (χ0n) is 12.6. The first-order valence-corrected chi connectivity index (χ1v) is 7.50. The number of H-pyrrole nitrogens is 1. The Balaban J connectivity index is 2.80. The summed E-state index contributed by atoms with van der Waals surface area (Å²) >= 11 is 0.648. The lowest BCUT2D eigenvalue weighted by atomic mass is 9.90. The molecule has 1 aromatic rings. The molecule has 2 N–H and O–H groups in total. The lowest BCUT2D eigenvalue weighted by Crippen LogP contribution is -2.49. The van der Waals surface area contributed by atoms with Crippen LogP contribution in [0.4, 0.5) is 13.2 Å². The second kappa shape index (κ2) is 7.04. The predicted molar refractivity (Wildman–Crippen MR) is 77.6 cm³/mol. The molecule has 0 bridgehead atoms. The van der Waals surface area contributed by atoms with Crippen LogP contribution in [0.2, 0.25) is 0 Å². The van der Waals surface area contributed by atoms with Crippen LogP contribution in [0, 0.1) is 17.2 Å². The van der Waals surface area contributed by atoms with E-state index in [1.807, 2.05) is 6.07 Å². The first-order valence-electron chi connectivity index (χ1n) is 6.51. The minimum atomic E-state index is -4.75. The van der Waals surface area contributed by atoms with Gasteiger partial charge in [-0.3, -0.25) is 9.59 Å². The maximum atomic E-state index is 12.6. The Bertz CT molecular complexity index is 681. The van der Waals surface area contributed by atoms with Gasteiger partial charge in [0.2, 0.25) is 5.91 Å². The number of nitriles is 1. The van der Waals surface area contributed by atoms with E-state index in [9.17, 15) is 22.8 Å². The fraction of sp³-hybridized carbons (Fsp3) is 0.538. The third kappa shape index (κ3) is 5.28. The number of rotatable bonds is 5. The Labute approximate surface area is 134 Å². The van der Waals surface area contributed by atoms with Crippen molar-refractivity contribution in [3.05, 3.63) is 22.1 Å². The van der Waals surface area contributed by atoms with Crippen molar-refractivity contribution in [1.82, 2.24) is 15.3 Å². The Morgan fingerprint density at radius 1 is 1.52 bits per heavy atom. The number of aromatic amines is 1. The SMILES string of the molecule is CC(C)C(C)(C#N)NC(=O)CSc1nc(C(F)(F)F)cc(=O)[nH]1. The van der Waals surface area contributed by atoms with Gasteiger partial charge in [0.1, 0.15) is 5.54 Å². The van der Waals surface area contributed by atoms with Gasteiger partial charge in [-0.05, 0) is 12.8 Å². The van der Waals surface area contributed by atoms with Crippen LogP contribution in [-0.4, -0.2) is 27.2 Å². The van der Waals surface area contributed by atoms with Gasteiger partial charge >= 0.3 is 6.18 Å². The Morgan fingerprint density at radius 3 is 2.61 bits per heavy atom. The molecular weight excluding hydrogens is 333 g/mol. The first-order chi connectivity index (χ1) is 10.5. The van der Waals surface area contributed by atoms with Gasteiger partial charge < -0.3 is 10.3 Å². The number of amides is 1. The molecule has 1 heterocycles. The number of carbonyl (C=O) groups is 1. The van der Waals surface area contributed by atoms with Crippen LogP contribution in [0.3, 0.4) is 0 Å². The van der Waals surface area contributed by atoms with Crippen LogP contribution in [0.25, 0.3) is 0 Å². The first kappa shape index (κ1) is 19.0. The number of carbonyl (C=O) groups excluding carboxylic acids is 1. The van der Waals surface area contributed by atoms with Crippen molar-refractivity contribution >= 4 is 17.7 Å². The average Bonchev–Trinajstić information content (AvgIpc) is 2.43. The Hall–Kier alpha value is -2.02. The molecule has 1 rings (SSSR count). The highest BCUT2D eigenvalue weighted by Gasteiger charge is 2.34. The molecule has 0 aromatic carbocycles. The molecule has 1 atom stereocenters. The fourth-order valence-electron chi connectivity index (χ4n) is 1.41.